The van der Waals surface area contributed by atoms with Gasteiger partial charge in [-0.15, -0.1) is 0 Å². The highest BCUT2D eigenvalue weighted by molar-refractivity contribution is 6.30. The molecule has 26 heavy (non-hydrogen) atoms. The number of aromatic nitrogens is 1. The average molecular weight is 378 g/mol. The molecule has 0 amide bonds. The number of aromatic amines is 1. The average Bonchev–Trinajstić information content (AvgIpc) is 2.86. The van der Waals surface area contributed by atoms with Crippen LogP contribution in [0.2, 0.25) is 5.02 Å². The molecule has 0 saturated carbocycles. The Bertz CT molecular complexity index is 869. The van der Waals surface area contributed by atoms with E-state index in [1.807, 2.05) is 0 Å². The Kier molecular flexibility index (Phi) is 6.21. The smallest absolute Gasteiger partial charge is 0.344 e. The maximum atomic E-state index is 12.2. The Morgan fingerprint density at radius 3 is 2.38 bits per heavy atom. The number of H-pyrrole nitrogens is 1. The number of benzene rings is 1. The van der Waals surface area contributed by atoms with Crippen LogP contribution in [0, 0.1) is 20.8 Å². The summed E-state index contributed by atoms with van der Waals surface area (Å²) in [6, 6.07) is 5.03. The van der Waals surface area contributed by atoms with E-state index in [4.69, 9.17) is 21.1 Å². The SMILES string of the molecule is CC(=O)c1c(C)[nH]c(C(=O)COC(=O)COc2ccc(Cl)cc2C)c1C. The number of esters is 1. The number of nitrogens with one attached hydrogen (secondary N) is 1. The first-order valence-electron chi connectivity index (χ1n) is 7.98. The number of halogens is 1. The van der Waals surface area contributed by atoms with E-state index in [-0.39, 0.29) is 18.1 Å². The van der Waals surface area contributed by atoms with Crippen LogP contribution in [0.5, 0.6) is 5.75 Å². The quantitative estimate of drug-likeness (QED) is 0.588. The molecule has 7 heteroatoms. The van der Waals surface area contributed by atoms with E-state index >= 15 is 0 Å². The summed E-state index contributed by atoms with van der Waals surface area (Å²) in [5, 5.41) is 0.574. The zero-order valence-corrected chi connectivity index (χ0v) is 15.8. The highest BCUT2D eigenvalue weighted by Crippen LogP contribution is 2.22. The number of ether oxygens (including phenoxy) is 2. The maximum absolute atomic E-state index is 12.2. The number of carbonyl (C=O) groups excluding carboxylic acids is 3. The van der Waals surface area contributed by atoms with Gasteiger partial charge in [-0.1, -0.05) is 11.6 Å². The molecule has 1 aromatic carbocycles. The first-order chi connectivity index (χ1) is 12.2. The van der Waals surface area contributed by atoms with Crippen LogP contribution in [0.4, 0.5) is 0 Å². The molecule has 0 aliphatic heterocycles. The van der Waals surface area contributed by atoms with Crippen molar-refractivity contribution in [3.05, 3.63) is 51.3 Å². The zero-order chi connectivity index (χ0) is 19.4. The van der Waals surface area contributed by atoms with Gasteiger partial charge < -0.3 is 14.5 Å². The van der Waals surface area contributed by atoms with E-state index in [0.29, 0.717) is 27.6 Å². The summed E-state index contributed by atoms with van der Waals surface area (Å²) in [4.78, 5) is 38.6. The molecular weight excluding hydrogens is 358 g/mol. The van der Waals surface area contributed by atoms with Gasteiger partial charge in [0.25, 0.3) is 0 Å². The van der Waals surface area contributed by atoms with Crippen molar-refractivity contribution in [2.45, 2.75) is 27.7 Å². The minimum atomic E-state index is -0.666. The van der Waals surface area contributed by atoms with Crippen LogP contribution in [0.1, 0.15) is 44.6 Å². The Morgan fingerprint density at radius 2 is 1.81 bits per heavy atom. The van der Waals surface area contributed by atoms with Gasteiger partial charge in [0.15, 0.2) is 19.0 Å². The highest BCUT2D eigenvalue weighted by atomic mass is 35.5. The third-order valence-electron chi connectivity index (χ3n) is 3.92. The Hall–Kier alpha value is -2.60. The van der Waals surface area contributed by atoms with E-state index in [2.05, 4.69) is 4.98 Å². The van der Waals surface area contributed by atoms with E-state index in [0.717, 1.165) is 5.56 Å². The van der Waals surface area contributed by atoms with Crippen LogP contribution < -0.4 is 4.74 Å². The molecule has 0 spiro atoms. The van der Waals surface area contributed by atoms with Gasteiger partial charge in [0.2, 0.25) is 5.78 Å². The van der Waals surface area contributed by atoms with Gasteiger partial charge in [0.05, 0.1) is 5.69 Å². The fraction of sp³-hybridized carbons (Fsp3) is 0.316. The largest absolute Gasteiger partial charge is 0.482 e. The number of hydrogen-bond donors (Lipinski definition) is 1. The standard InChI is InChI=1S/C19H20ClNO5/c1-10-7-14(20)5-6-16(10)25-9-17(24)26-8-15(23)19-11(2)18(13(4)22)12(3)21-19/h5-7,21H,8-9H2,1-4H3. The topological polar surface area (TPSA) is 85.5 Å². The van der Waals surface area contributed by atoms with Gasteiger partial charge in [-0.25, -0.2) is 4.79 Å². The molecule has 138 valence electrons. The van der Waals surface area contributed by atoms with Crippen molar-refractivity contribution < 1.29 is 23.9 Å². The number of hydrogen-bond acceptors (Lipinski definition) is 5. The van der Waals surface area contributed by atoms with Crippen LogP contribution in [-0.2, 0) is 9.53 Å². The van der Waals surface area contributed by atoms with Crippen molar-refractivity contribution in [3.63, 3.8) is 0 Å². The van der Waals surface area contributed by atoms with E-state index < -0.39 is 18.4 Å². The van der Waals surface area contributed by atoms with Crippen molar-refractivity contribution in [2.75, 3.05) is 13.2 Å². The van der Waals surface area contributed by atoms with Crippen LogP contribution in [0.3, 0.4) is 0 Å². The summed E-state index contributed by atoms with van der Waals surface area (Å²) >= 11 is 5.86. The summed E-state index contributed by atoms with van der Waals surface area (Å²) in [5.74, 6) is -0.687. The first kappa shape index (κ1) is 19.7. The number of aryl methyl sites for hydroxylation is 2. The van der Waals surface area contributed by atoms with Gasteiger partial charge in [-0.2, -0.15) is 0 Å². The molecule has 1 heterocycles. The minimum absolute atomic E-state index is 0.126. The number of ketones is 2. The second-order valence-electron chi connectivity index (χ2n) is 5.96. The van der Waals surface area contributed by atoms with Crippen molar-refractivity contribution in [3.8, 4) is 5.75 Å². The lowest BCUT2D eigenvalue weighted by atomic mass is 10.1. The summed E-state index contributed by atoms with van der Waals surface area (Å²) in [6.07, 6.45) is 0. The van der Waals surface area contributed by atoms with E-state index in [9.17, 15) is 14.4 Å². The summed E-state index contributed by atoms with van der Waals surface area (Å²) in [5.41, 5.74) is 2.72. The fourth-order valence-corrected chi connectivity index (χ4v) is 2.95. The molecule has 0 saturated heterocycles. The second kappa shape index (κ2) is 8.19. The van der Waals surface area contributed by atoms with Gasteiger partial charge >= 0.3 is 5.97 Å². The lowest BCUT2D eigenvalue weighted by Crippen LogP contribution is -2.20. The maximum Gasteiger partial charge on any atom is 0.344 e. The molecule has 0 radical (unpaired) electrons. The van der Waals surface area contributed by atoms with Crippen molar-refractivity contribution in [1.29, 1.82) is 0 Å². The number of Topliss-reactive ketones (excluding diaryl/α,β-unsaturated/α-hetero) is 2. The Morgan fingerprint density at radius 1 is 1.12 bits per heavy atom. The Balaban J connectivity index is 1.92. The molecular formula is C19H20ClNO5. The third kappa shape index (κ3) is 4.52. The molecule has 0 fully saturated rings. The minimum Gasteiger partial charge on any atom is -0.482 e. The predicted octanol–water partition coefficient (Wildman–Crippen LogP) is 3.60. The van der Waals surface area contributed by atoms with Gasteiger partial charge in [0, 0.05) is 16.3 Å². The molecule has 1 aromatic heterocycles. The highest BCUT2D eigenvalue weighted by Gasteiger charge is 2.20. The van der Waals surface area contributed by atoms with Crippen LogP contribution in [-0.4, -0.2) is 35.7 Å². The van der Waals surface area contributed by atoms with Crippen LogP contribution in [0.15, 0.2) is 18.2 Å². The molecule has 2 aromatic rings. The van der Waals surface area contributed by atoms with Gasteiger partial charge in [-0.05, 0) is 57.0 Å². The number of carbonyl (C=O) groups is 3. The molecule has 2 rings (SSSR count). The fourth-order valence-electron chi connectivity index (χ4n) is 2.73. The molecule has 0 aliphatic carbocycles. The third-order valence-corrected chi connectivity index (χ3v) is 4.15. The van der Waals surface area contributed by atoms with Crippen molar-refractivity contribution in [2.24, 2.45) is 0 Å². The molecule has 0 atom stereocenters. The molecule has 1 N–H and O–H groups in total. The number of rotatable bonds is 7. The van der Waals surface area contributed by atoms with Crippen molar-refractivity contribution in [1.82, 2.24) is 4.98 Å². The van der Waals surface area contributed by atoms with Crippen molar-refractivity contribution >= 4 is 29.1 Å². The normalized spacial score (nSPS) is 10.5. The summed E-state index contributed by atoms with van der Waals surface area (Å²) in [7, 11) is 0. The lowest BCUT2D eigenvalue weighted by molar-refractivity contribution is -0.144. The predicted molar refractivity (Wildman–Crippen MR) is 97.2 cm³/mol. The summed E-state index contributed by atoms with van der Waals surface area (Å²) < 4.78 is 10.3. The second-order valence-corrected chi connectivity index (χ2v) is 6.40. The molecule has 0 bridgehead atoms. The first-order valence-corrected chi connectivity index (χ1v) is 8.36. The molecule has 0 aliphatic rings. The van der Waals surface area contributed by atoms with Crippen LogP contribution >= 0.6 is 11.6 Å². The summed E-state index contributed by atoms with van der Waals surface area (Å²) in [6.45, 7) is 5.89. The monoisotopic (exact) mass is 377 g/mol. The van der Waals surface area contributed by atoms with E-state index in [1.54, 1.807) is 39.0 Å². The molecule has 6 nitrogen and oxygen atoms in total. The molecule has 0 unspecified atom stereocenters. The Labute approximate surface area is 156 Å². The van der Waals surface area contributed by atoms with Gasteiger partial charge in [0.1, 0.15) is 5.75 Å². The lowest BCUT2D eigenvalue weighted by Gasteiger charge is -2.09. The zero-order valence-electron chi connectivity index (χ0n) is 15.1. The van der Waals surface area contributed by atoms with Gasteiger partial charge in [-0.3, -0.25) is 9.59 Å². The van der Waals surface area contributed by atoms with Crippen LogP contribution in [0.25, 0.3) is 0 Å². The van der Waals surface area contributed by atoms with E-state index in [1.165, 1.54) is 6.92 Å².